The van der Waals surface area contributed by atoms with Gasteiger partial charge in [0.1, 0.15) is 0 Å². The largest absolute Gasteiger partial charge is 0.469 e. The zero-order valence-corrected chi connectivity index (χ0v) is 18.6. The zero-order chi connectivity index (χ0) is 21.3. The highest BCUT2D eigenvalue weighted by atomic mass is 16.5. The summed E-state index contributed by atoms with van der Waals surface area (Å²) in [5.41, 5.74) is 3.46. The number of hydrogen-bond acceptors (Lipinski definition) is 5. The number of rotatable bonds is 7. The lowest BCUT2D eigenvalue weighted by atomic mass is 9.76. The van der Waals surface area contributed by atoms with E-state index in [0.717, 1.165) is 19.5 Å². The van der Waals surface area contributed by atoms with Crippen molar-refractivity contribution in [3.05, 3.63) is 29.5 Å². The second kappa shape index (κ2) is 8.67. The van der Waals surface area contributed by atoms with Gasteiger partial charge in [-0.25, -0.2) is 0 Å². The molecule has 1 saturated heterocycles. The Balaban J connectivity index is 1.65. The van der Waals surface area contributed by atoms with Gasteiger partial charge in [-0.3, -0.25) is 9.48 Å². The van der Waals surface area contributed by atoms with Gasteiger partial charge in [-0.2, -0.15) is 5.10 Å². The molecule has 1 aliphatic heterocycles. The molecule has 2 atom stereocenters. The van der Waals surface area contributed by atoms with Crippen molar-refractivity contribution in [1.82, 2.24) is 14.7 Å². The quantitative estimate of drug-likeness (QED) is 0.702. The number of ether oxygens (including phenoxy) is 1. The lowest BCUT2D eigenvalue weighted by Gasteiger charge is -2.29. The molecule has 1 aliphatic carbocycles. The summed E-state index contributed by atoms with van der Waals surface area (Å²) in [4.78, 5) is 13.9. The number of nitrogens with zero attached hydrogens (tertiary/aromatic N) is 3. The van der Waals surface area contributed by atoms with Crippen LogP contribution in [0.25, 0.3) is 10.9 Å². The van der Waals surface area contributed by atoms with Crippen LogP contribution in [0.5, 0.6) is 0 Å². The molecule has 6 nitrogen and oxygen atoms in total. The summed E-state index contributed by atoms with van der Waals surface area (Å²) in [5.74, 6) is 0.0414. The number of benzene rings is 1. The molecule has 30 heavy (non-hydrogen) atoms. The molecule has 1 N–H and O–H groups in total. The number of aryl methyl sites for hydroxylation is 1. The lowest BCUT2D eigenvalue weighted by Crippen LogP contribution is -2.31. The van der Waals surface area contributed by atoms with Crippen molar-refractivity contribution in [2.75, 3.05) is 33.4 Å². The first kappa shape index (κ1) is 21.3. The minimum atomic E-state index is -0.227. The number of aliphatic hydroxyl groups is 1. The van der Waals surface area contributed by atoms with E-state index in [2.05, 4.69) is 41.6 Å². The predicted octanol–water partition coefficient (Wildman–Crippen LogP) is 3.67. The maximum Gasteiger partial charge on any atom is 0.306 e. The maximum atomic E-state index is 11.6. The lowest BCUT2D eigenvalue weighted by molar-refractivity contribution is -0.140. The molecule has 2 heterocycles. The molecule has 6 heteroatoms. The number of carbonyl (C=O) groups is 1. The van der Waals surface area contributed by atoms with Crippen LogP contribution in [0.3, 0.4) is 0 Å². The summed E-state index contributed by atoms with van der Waals surface area (Å²) in [5, 5.41) is 16.5. The minimum Gasteiger partial charge on any atom is -0.469 e. The van der Waals surface area contributed by atoms with E-state index in [1.165, 1.54) is 55.0 Å². The second-order valence-electron chi connectivity index (χ2n) is 9.39. The zero-order valence-electron chi connectivity index (χ0n) is 18.6. The summed E-state index contributed by atoms with van der Waals surface area (Å²) < 4.78 is 7.08. The van der Waals surface area contributed by atoms with Gasteiger partial charge in [0.15, 0.2) is 0 Å². The van der Waals surface area contributed by atoms with E-state index in [9.17, 15) is 9.90 Å². The molecule has 164 valence electrons. The predicted molar refractivity (Wildman–Crippen MR) is 118 cm³/mol. The van der Waals surface area contributed by atoms with Crippen LogP contribution in [0.4, 0.5) is 0 Å². The van der Waals surface area contributed by atoms with E-state index in [0.29, 0.717) is 19.0 Å². The Morgan fingerprint density at radius 1 is 1.33 bits per heavy atom. The first-order valence-electron chi connectivity index (χ1n) is 11.4. The van der Waals surface area contributed by atoms with Gasteiger partial charge in [-0.15, -0.1) is 0 Å². The van der Waals surface area contributed by atoms with Gasteiger partial charge in [0.25, 0.3) is 0 Å². The minimum absolute atomic E-state index is 0.131. The molecule has 2 fully saturated rings. The third kappa shape index (κ3) is 3.87. The van der Waals surface area contributed by atoms with Crippen LogP contribution in [-0.4, -0.2) is 59.1 Å². The molecule has 1 aromatic carbocycles. The summed E-state index contributed by atoms with van der Waals surface area (Å²) in [7, 11) is 1.43. The Morgan fingerprint density at radius 2 is 2.10 bits per heavy atom. The highest BCUT2D eigenvalue weighted by Gasteiger charge is 2.43. The Kier molecular flexibility index (Phi) is 6.16. The first-order chi connectivity index (χ1) is 14.5. The van der Waals surface area contributed by atoms with Crippen LogP contribution in [0.15, 0.2) is 18.2 Å². The van der Waals surface area contributed by atoms with Crippen LogP contribution in [-0.2, 0) is 16.0 Å². The smallest absolute Gasteiger partial charge is 0.306 e. The van der Waals surface area contributed by atoms with E-state index >= 15 is 0 Å². The fourth-order valence-electron chi connectivity index (χ4n) is 5.48. The Hall–Kier alpha value is -1.92. The van der Waals surface area contributed by atoms with Crippen molar-refractivity contribution in [2.24, 2.45) is 5.41 Å². The van der Waals surface area contributed by atoms with E-state index in [1.807, 2.05) is 0 Å². The Labute approximate surface area is 179 Å². The number of fused-ring (bicyclic) bond motifs is 1. The van der Waals surface area contributed by atoms with Gasteiger partial charge in [0, 0.05) is 36.4 Å². The third-order valence-electron chi connectivity index (χ3n) is 7.30. The van der Waals surface area contributed by atoms with Gasteiger partial charge >= 0.3 is 5.97 Å². The van der Waals surface area contributed by atoms with E-state index in [4.69, 9.17) is 9.84 Å². The third-order valence-corrected chi connectivity index (χ3v) is 7.30. The Bertz CT molecular complexity index is 902. The van der Waals surface area contributed by atoms with Crippen molar-refractivity contribution >= 4 is 16.9 Å². The average molecular weight is 414 g/mol. The van der Waals surface area contributed by atoms with Gasteiger partial charge in [0.05, 0.1) is 37.4 Å². The highest BCUT2D eigenvalue weighted by molar-refractivity contribution is 5.83. The van der Waals surface area contributed by atoms with Crippen LogP contribution in [0.1, 0.15) is 69.2 Å². The average Bonchev–Trinajstić information content (AvgIpc) is 3.48. The number of hydrogen-bond donors (Lipinski definition) is 1. The molecule has 4 rings (SSSR count). The topological polar surface area (TPSA) is 67.6 Å². The molecule has 1 aromatic heterocycles. The summed E-state index contributed by atoms with van der Waals surface area (Å²) in [6, 6.07) is 7.29. The monoisotopic (exact) mass is 413 g/mol. The molecule has 0 unspecified atom stereocenters. The van der Waals surface area contributed by atoms with Crippen LogP contribution >= 0.6 is 0 Å². The molecule has 0 bridgehead atoms. The molecule has 0 amide bonds. The van der Waals surface area contributed by atoms with Crippen LogP contribution < -0.4 is 0 Å². The van der Waals surface area contributed by atoms with Crippen molar-refractivity contribution in [1.29, 1.82) is 0 Å². The van der Waals surface area contributed by atoms with Crippen LogP contribution in [0, 0.1) is 5.41 Å². The standard InChI is InChI=1S/C24H35N3O3/c1-4-21-19-10-9-17(13-22(19)27(25-21)18-7-5-6-8-18)20-14-26(12-11-23(29)30-3)15-24(20,2)16-28/h9-10,13,18,20,28H,4-8,11-12,14-16H2,1-3H3/t20-,24-/m0/s1. The molecule has 2 aliphatic rings. The molecular weight excluding hydrogens is 378 g/mol. The fraction of sp³-hybridized carbons (Fsp3) is 0.667. The van der Waals surface area contributed by atoms with Gasteiger partial charge in [-0.1, -0.05) is 38.8 Å². The van der Waals surface area contributed by atoms with Gasteiger partial charge < -0.3 is 14.7 Å². The van der Waals surface area contributed by atoms with Crippen LogP contribution in [0.2, 0.25) is 0 Å². The Morgan fingerprint density at radius 3 is 2.77 bits per heavy atom. The highest BCUT2D eigenvalue weighted by Crippen LogP contribution is 2.43. The van der Waals surface area contributed by atoms with Crippen molar-refractivity contribution in [3.63, 3.8) is 0 Å². The van der Waals surface area contributed by atoms with Crippen molar-refractivity contribution < 1.29 is 14.6 Å². The normalized spacial score (nSPS) is 25.4. The van der Waals surface area contributed by atoms with Crippen molar-refractivity contribution in [2.45, 2.75) is 64.3 Å². The SMILES string of the molecule is CCc1nn(C2CCCC2)c2cc([C@@H]3CN(CCC(=O)OC)C[C@@]3(C)CO)ccc12. The molecule has 2 aromatic rings. The molecule has 0 spiro atoms. The van der Waals surface area contributed by atoms with Crippen molar-refractivity contribution in [3.8, 4) is 0 Å². The second-order valence-corrected chi connectivity index (χ2v) is 9.39. The summed E-state index contributed by atoms with van der Waals surface area (Å²) >= 11 is 0. The number of likely N-dealkylation sites (tertiary alicyclic amines) is 1. The molecule has 0 radical (unpaired) electrons. The van der Waals surface area contributed by atoms with E-state index < -0.39 is 0 Å². The number of carbonyl (C=O) groups excluding carboxylic acids is 1. The summed E-state index contributed by atoms with van der Waals surface area (Å²) in [6.45, 7) is 6.76. The fourth-order valence-corrected chi connectivity index (χ4v) is 5.48. The number of esters is 1. The number of aromatic nitrogens is 2. The maximum absolute atomic E-state index is 11.6. The molecular formula is C24H35N3O3. The summed E-state index contributed by atoms with van der Waals surface area (Å²) in [6.07, 6.45) is 6.32. The van der Waals surface area contributed by atoms with E-state index in [1.54, 1.807) is 0 Å². The number of methoxy groups -OCH3 is 1. The number of aliphatic hydroxyl groups excluding tert-OH is 1. The first-order valence-corrected chi connectivity index (χ1v) is 11.4. The molecule has 1 saturated carbocycles. The van der Waals surface area contributed by atoms with Gasteiger partial charge in [0.2, 0.25) is 0 Å². The van der Waals surface area contributed by atoms with Gasteiger partial charge in [-0.05, 0) is 30.9 Å². The van der Waals surface area contributed by atoms with E-state index in [-0.39, 0.29) is 23.9 Å².